The minimum absolute atomic E-state index is 0.288. The summed E-state index contributed by atoms with van der Waals surface area (Å²) in [5.74, 6) is -1.22. The number of benzene rings is 2. The number of carbonyl (C=O) groups excluding carboxylic acids is 3. The summed E-state index contributed by atoms with van der Waals surface area (Å²) in [7, 11) is 0. The molecule has 0 saturated carbocycles. The molecule has 0 aliphatic heterocycles. The number of ether oxygens (including phenoxy) is 1. The average molecular weight is 388 g/mol. The summed E-state index contributed by atoms with van der Waals surface area (Å²) in [6.45, 7) is -0.611. The van der Waals surface area contributed by atoms with Gasteiger partial charge >= 0.3 is 0 Å². The van der Waals surface area contributed by atoms with Gasteiger partial charge in [-0.1, -0.05) is 54.1 Å². The molecule has 0 unspecified atom stereocenters. The highest BCUT2D eigenvalue weighted by Gasteiger charge is 2.07. The number of nitrogens with one attached hydrogen (secondary N) is 3. The number of carbonyl (C=O) groups is 3. The van der Waals surface area contributed by atoms with Gasteiger partial charge in [-0.05, 0) is 23.8 Å². The molecule has 7 nitrogen and oxygen atoms in total. The highest BCUT2D eigenvalue weighted by atomic mass is 35.5. The second-order valence-electron chi connectivity index (χ2n) is 5.28. The Kier molecular flexibility index (Phi) is 7.87. The Bertz CT molecular complexity index is 825. The van der Waals surface area contributed by atoms with Gasteiger partial charge in [0.2, 0.25) is 5.91 Å². The van der Waals surface area contributed by atoms with Crippen LogP contribution in [0.15, 0.2) is 60.7 Å². The van der Waals surface area contributed by atoms with E-state index in [-0.39, 0.29) is 13.2 Å². The lowest BCUT2D eigenvalue weighted by atomic mass is 10.2. The molecule has 0 aromatic heterocycles. The van der Waals surface area contributed by atoms with Crippen molar-refractivity contribution in [2.75, 3.05) is 13.2 Å². The fourth-order valence-corrected chi connectivity index (χ4v) is 2.08. The van der Waals surface area contributed by atoms with Crippen molar-refractivity contribution >= 4 is 35.4 Å². The number of amides is 3. The lowest BCUT2D eigenvalue weighted by Gasteiger charge is -2.09. The maximum Gasteiger partial charge on any atom is 0.276 e. The number of hydrazine groups is 1. The SMILES string of the molecule is O=C(/C=C/c1ccccc1)NCC(=O)NNC(=O)COc1ccccc1Cl. The van der Waals surface area contributed by atoms with Gasteiger partial charge in [0.25, 0.3) is 11.8 Å². The van der Waals surface area contributed by atoms with E-state index in [1.165, 1.54) is 6.08 Å². The number of para-hydroxylation sites is 1. The van der Waals surface area contributed by atoms with E-state index in [1.54, 1.807) is 30.3 Å². The molecule has 0 saturated heterocycles. The molecule has 0 aliphatic carbocycles. The standard InChI is InChI=1S/C19H18ClN3O4/c20-15-8-4-5-9-16(15)27-13-19(26)23-22-18(25)12-21-17(24)11-10-14-6-2-1-3-7-14/h1-11H,12-13H2,(H,21,24)(H,22,25)(H,23,26)/b11-10+. The monoisotopic (exact) mass is 387 g/mol. The first-order valence-electron chi connectivity index (χ1n) is 8.00. The Morgan fingerprint density at radius 1 is 0.926 bits per heavy atom. The molecule has 2 aromatic rings. The molecule has 0 radical (unpaired) electrons. The lowest BCUT2D eigenvalue weighted by Crippen LogP contribution is -2.47. The topological polar surface area (TPSA) is 96.5 Å². The van der Waals surface area contributed by atoms with Gasteiger partial charge in [-0.15, -0.1) is 0 Å². The van der Waals surface area contributed by atoms with Crippen molar-refractivity contribution in [2.45, 2.75) is 0 Å². The van der Waals surface area contributed by atoms with Crippen molar-refractivity contribution in [2.24, 2.45) is 0 Å². The van der Waals surface area contributed by atoms with E-state index < -0.39 is 17.7 Å². The van der Waals surface area contributed by atoms with Crippen LogP contribution in [0.5, 0.6) is 5.75 Å². The Balaban J connectivity index is 1.64. The molecule has 2 rings (SSSR count). The molecule has 0 aliphatic rings. The fraction of sp³-hybridized carbons (Fsp3) is 0.105. The summed E-state index contributed by atoms with van der Waals surface area (Å²) in [4.78, 5) is 34.9. The van der Waals surface area contributed by atoms with Gasteiger partial charge in [0.1, 0.15) is 5.75 Å². The summed E-state index contributed by atoms with van der Waals surface area (Å²) in [5.41, 5.74) is 5.21. The molecule has 0 spiro atoms. The summed E-state index contributed by atoms with van der Waals surface area (Å²) in [6.07, 6.45) is 2.94. The summed E-state index contributed by atoms with van der Waals surface area (Å²) < 4.78 is 5.23. The van der Waals surface area contributed by atoms with Gasteiger partial charge in [-0.2, -0.15) is 0 Å². The molecule has 27 heavy (non-hydrogen) atoms. The molecule has 8 heteroatoms. The zero-order valence-electron chi connectivity index (χ0n) is 14.3. The summed E-state index contributed by atoms with van der Waals surface area (Å²) in [6, 6.07) is 16.0. The molecule has 0 fully saturated rings. The lowest BCUT2D eigenvalue weighted by molar-refractivity contribution is -0.130. The third-order valence-electron chi connectivity index (χ3n) is 3.19. The molecule has 3 N–H and O–H groups in total. The second kappa shape index (κ2) is 10.6. The molecular formula is C19H18ClN3O4. The Morgan fingerprint density at radius 3 is 2.33 bits per heavy atom. The van der Waals surface area contributed by atoms with E-state index in [0.717, 1.165) is 5.56 Å². The predicted molar refractivity (Wildman–Crippen MR) is 102 cm³/mol. The van der Waals surface area contributed by atoms with Gasteiger partial charge < -0.3 is 10.1 Å². The fourth-order valence-electron chi connectivity index (χ4n) is 1.89. The molecule has 0 atom stereocenters. The van der Waals surface area contributed by atoms with E-state index in [4.69, 9.17) is 16.3 Å². The predicted octanol–water partition coefficient (Wildman–Crippen LogP) is 1.70. The first-order chi connectivity index (χ1) is 13.0. The zero-order valence-corrected chi connectivity index (χ0v) is 15.0. The Hall–Kier alpha value is -3.32. The smallest absolute Gasteiger partial charge is 0.276 e. The quantitative estimate of drug-likeness (QED) is 0.497. The van der Waals surface area contributed by atoms with E-state index in [1.807, 2.05) is 30.3 Å². The molecule has 140 valence electrons. The van der Waals surface area contributed by atoms with Crippen molar-refractivity contribution in [3.05, 3.63) is 71.3 Å². The maximum absolute atomic E-state index is 11.7. The van der Waals surface area contributed by atoms with Crippen LogP contribution in [0.3, 0.4) is 0 Å². The Morgan fingerprint density at radius 2 is 1.59 bits per heavy atom. The van der Waals surface area contributed by atoms with Crippen LogP contribution in [0.4, 0.5) is 0 Å². The van der Waals surface area contributed by atoms with Crippen LogP contribution < -0.4 is 20.9 Å². The molecule has 2 aromatic carbocycles. The third-order valence-corrected chi connectivity index (χ3v) is 3.50. The van der Waals surface area contributed by atoms with Crippen LogP contribution in [0.25, 0.3) is 6.08 Å². The van der Waals surface area contributed by atoms with Crippen LogP contribution in [0, 0.1) is 0 Å². The number of hydrogen-bond donors (Lipinski definition) is 3. The zero-order chi connectivity index (χ0) is 19.5. The van der Waals surface area contributed by atoms with Crippen LogP contribution in [-0.4, -0.2) is 30.9 Å². The van der Waals surface area contributed by atoms with Gasteiger partial charge in [-0.3, -0.25) is 25.2 Å². The van der Waals surface area contributed by atoms with E-state index in [9.17, 15) is 14.4 Å². The van der Waals surface area contributed by atoms with Gasteiger partial charge in [-0.25, -0.2) is 0 Å². The molecule has 0 heterocycles. The van der Waals surface area contributed by atoms with E-state index in [0.29, 0.717) is 10.8 Å². The van der Waals surface area contributed by atoms with Gasteiger partial charge in [0, 0.05) is 6.08 Å². The van der Waals surface area contributed by atoms with Crippen molar-refractivity contribution < 1.29 is 19.1 Å². The molecule has 3 amide bonds. The first-order valence-corrected chi connectivity index (χ1v) is 8.38. The van der Waals surface area contributed by atoms with Crippen molar-refractivity contribution in [1.29, 1.82) is 0 Å². The minimum Gasteiger partial charge on any atom is -0.482 e. The van der Waals surface area contributed by atoms with Crippen LogP contribution >= 0.6 is 11.6 Å². The number of hydrogen-bond acceptors (Lipinski definition) is 4. The highest BCUT2D eigenvalue weighted by Crippen LogP contribution is 2.22. The minimum atomic E-state index is -0.581. The van der Waals surface area contributed by atoms with Crippen LogP contribution in [-0.2, 0) is 14.4 Å². The third kappa shape index (κ3) is 7.62. The highest BCUT2D eigenvalue weighted by molar-refractivity contribution is 6.32. The van der Waals surface area contributed by atoms with Crippen LogP contribution in [0.1, 0.15) is 5.56 Å². The van der Waals surface area contributed by atoms with Crippen molar-refractivity contribution in [1.82, 2.24) is 16.2 Å². The number of halogens is 1. The molecular weight excluding hydrogens is 370 g/mol. The van der Waals surface area contributed by atoms with E-state index >= 15 is 0 Å². The van der Waals surface area contributed by atoms with Crippen molar-refractivity contribution in [3.63, 3.8) is 0 Å². The molecule has 0 bridgehead atoms. The normalized spacial score (nSPS) is 10.3. The second-order valence-corrected chi connectivity index (χ2v) is 5.68. The summed E-state index contributed by atoms with van der Waals surface area (Å²) in [5, 5.41) is 2.78. The van der Waals surface area contributed by atoms with Gasteiger partial charge in [0.15, 0.2) is 6.61 Å². The Labute approximate surface area is 161 Å². The van der Waals surface area contributed by atoms with Crippen LogP contribution in [0.2, 0.25) is 5.02 Å². The van der Waals surface area contributed by atoms with E-state index in [2.05, 4.69) is 16.2 Å². The van der Waals surface area contributed by atoms with Crippen molar-refractivity contribution in [3.8, 4) is 5.75 Å². The first kappa shape index (κ1) is 20.0. The van der Waals surface area contributed by atoms with Gasteiger partial charge in [0.05, 0.1) is 11.6 Å². The largest absolute Gasteiger partial charge is 0.482 e. The summed E-state index contributed by atoms with van der Waals surface area (Å²) >= 11 is 5.90. The number of rotatable bonds is 7. The average Bonchev–Trinajstić information content (AvgIpc) is 2.69. The maximum atomic E-state index is 11.7.